The van der Waals surface area contributed by atoms with Gasteiger partial charge in [-0.1, -0.05) is 27.7 Å². The summed E-state index contributed by atoms with van der Waals surface area (Å²) in [4.78, 5) is 30.9. The van der Waals surface area contributed by atoms with Gasteiger partial charge in [0.1, 0.15) is 5.03 Å². The summed E-state index contributed by atoms with van der Waals surface area (Å²) in [5, 5.41) is 9.63. The van der Waals surface area contributed by atoms with Gasteiger partial charge in [0.05, 0.1) is 12.7 Å². The second-order valence-corrected chi connectivity index (χ2v) is 5.74. The molecule has 1 heterocycles. The van der Waals surface area contributed by atoms with Crippen LogP contribution < -0.4 is 0 Å². The molecule has 0 saturated carbocycles. The van der Waals surface area contributed by atoms with E-state index in [1.54, 1.807) is 18.2 Å². The molecule has 0 aliphatic carbocycles. The Morgan fingerprint density at radius 3 is 2.76 bits per heavy atom. The maximum Gasteiger partial charge on any atom is 0.376 e. The highest BCUT2D eigenvalue weighted by Crippen LogP contribution is 2.31. The molecule has 0 unspecified atom stereocenters. The lowest BCUT2D eigenvalue weighted by Crippen LogP contribution is -2.07. The summed E-state index contributed by atoms with van der Waals surface area (Å²) in [6.07, 6.45) is 1.42. The van der Waals surface area contributed by atoms with Gasteiger partial charge in [-0.05, 0) is 24.3 Å². The number of carboxylic acid groups (broad SMARTS) is 1. The number of carbonyl (C=O) groups excluding carboxylic acids is 1. The van der Waals surface area contributed by atoms with Gasteiger partial charge < -0.3 is 9.84 Å². The summed E-state index contributed by atoms with van der Waals surface area (Å²) in [6, 6.07) is 6.40. The topological polar surface area (TPSA) is 89.4 Å². The molecular weight excluding hydrogens is 360 g/mol. The average Bonchev–Trinajstić information content (AvgIpc) is 2.46. The molecule has 1 aromatic heterocycles. The standard InChI is InChI=1S/C13H9BrN2O4S/c1-20-13(19)11-15-5-4-10(16-11)21-9-6-7(14)2-3-8(9)12(17)18/h2-6H,1H3,(H,17,18). The van der Waals surface area contributed by atoms with Crippen LogP contribution in [0.15, 0.2) is 44.9 Å². The molecular formula is C13H9BrN2O4S. The zero-order valence-electron chi connectivity index (χ0n) is 10.7. The fraction of sp³-hybridized carbons (Fsp3) is 0.0769. The minimum absolute atomic E-state index is 0.0747. The quantitative estimate of drug-likeness (QED) is 0.655. The molecule has 6 nitrogen and oxygen atoms in total. The highest BCUT2D eigenvalue weighted by molar-refractivity contribution is 9.10. The molecule has 0 aliphatic rings. The minimum Gasteiger partial charge on any atom is -0.478 e. The summed E-state index contributed by atoms with van der Waals surface area (Å²) < 4.78 is 5.30. The van der Waals surface area contributed by atoms with E-state index >= 15 is 0 Å². The predicted octanol–water partition coefficient (Wildman–Crippen LogP) is 2.88. The van der Waals surface area contributed by atoms with E-state index in [0.717, 1.165) is 16.2 Å². The first-order chi connectivity index (χ1) is 10.0. The number of aromatic carboxylic acids is 1. The summed E-state index contributed by atoms with van der Waals surface area (Å²) in [5.41, 5.74) is 0.154. The first-order valence-electron chi connectivity index (χ1n) is 5.63. The number of carbonyl (C=O) groups is 2. The van der Waals surface area contributed by atoms with Gasteiger partial charge in [0, 0.05) is 15.6 Å². The van der Waals surface area contributed by atoms with Gasteiger partial charge in [-0.3, -0.25) is 0 Å². The average molecular weight is 369 g/mol. The Balaban J connectivity index is 2.36. The number of ether oxygens (including phenoxy) is 1. The van der Waals surface area contributed by atoms with E-state index in [1.807, 2.05) is 0 Å². The predicted molar refractivity (Wildman–Crippen MR) is 78.6 cm³/mol. The van der Waals surface area contributed by atoms with Crippen LogP contribution in [0.5, 0.6) is 0 Å². The summed E-state index contributed by atoms with van der Waals surface area (Å²) in [6.45, 7) is 0. The van der Waals surface area contributed by atoms with Gasteiger partial charge in [0.25, 0.3) is 0 Å². The third-order valence-corrected chi connectivity index (χ3v) is 3.87. The highest BCUT2D eigenvalue weighted by atomic mass is 79.9. The van der Waals surface area contributed by atoms with Crippen molar-refractivity contribution in [2.24, 2.45) is 0 Å². The van der Waals surface area contributed by atoms with Crippen LogP contribution in [-0.2, 0) is 4.74 Å². The van der Waals surface area contributed by atoms with Gasteiger partial charge >= 0.3 is 11.9 Å². The Morgan fingerprint density at radius 1 is 1.33 bits per heavy atom. The van der Waals surface area contributed by atoms with E-state index in [2.05, 4.69) is 30.6 Å². The first kappa shape index (κ1) is 15.5. The molecule has 0 spiro atoms. The number of esters is 1. The lowest BCUT2D eigenvalue weighted by atomic mass is 10.2. The molecule has 0 saturated heterocycles. The molecule has 0 aliphatic heterocycles. The second-order valence-electron chi connectivity index (χ2n) is 3.76. The largest absolute Gasteiger partial charge is 0.478 e. The normalized spacial score (nSPS) is 10.2. The van der Waals surface area contributed by atoms with Gasteiger partial charge in [-0.25, -0.2) is 19.6 Å². The van der Waals surface area contributed by atoms with Crippen molar-refractivity contribution in [3.8, 4) is 0 Å². The van der Waals surface area contributed by atoms with Crippen molar-refractivity contribution in [2.45, 2.75) is 9.92 Å². The van der Waals surface area contributed by atoms with E-state index in [0.29, 0.717) is 9.92 Å². The van der Waals surface area contributed by atoms with Crippen molar-refractivity contribution in [1.82, 2.24) is 9.97 Å². The molecule has 0 fully saturated rings. The Kier molecular flexibility index (Phi) is 4.92. The number of benzene rings is 1. The molecule has 0 bridgehead atoms. The van der Waals surface area contributed by atoms with Crippen molar-refractivity contribution in [3.05, 3.63) is 46.3 Å². The number of methoxy groups -OCH3 is 1. The number of hydrogen-bond donors (Lipinski definition) is 1. The van der Waals surface area contributed by atoms with E-state index < -0.39 is 11.9 Å². The Morgan fingerprint density at radius 2 is 2.10 bits per heavy atom. The SMILES string of the molecule is COC(=O)c1nccc(Sc2cc(Br)ccc2C(=O)O)n1. The molecule has 0 amide bonds. The smallest absolute Gasteiger partial charge is 0.376 e. The molecule has 108 valence electrons. The molecule has 2 rings (SSSR count). The van der Waals surface area contributed by atoms with Crippen molar-refractivity contribution in [3.63, 3.8) is 0 Å². The number of halogens is 1. The number of nitrogens with zero attached hydrogens (tertiary/aromatic N) is 2. The molecule has 2 aromatic rings. The number of rotatable bonds is 4. The molecule has 1 aromatic carbocycles. The third kappa shape index (κ3) is 3.79. The second kappa shape index (κ2) is 6.68. The van der Waals surface area contributed by atoms with Gasteiger partial charge in [-0.15, -0.1) is 0 Å². The maximum absolute atomic E-state index is 11.4. The summed E-state index contributed by atoms with van der Waals surface area (Å²) >= 11 is 4.42. The van der Waals surface area contributed by atoms with Crippen molar-refractivity contribution in [1.29, 1.82) is 0 Å². The summed E-state index contributed by atoms with van der Waals surface area (Å²) in [7, 11) is 1.24. The fourth-order valence-corrected chi connectivity index (χ4v) is 2.91. The van der Waals surface area contributed by atoms with E-state index in [4.69, 9.17) is 0 Å². The van der Waals surface area contributed by atoms with Gasteiger partial charge in [0.2, 0.25) is 5.82 Å². The lowest BCUT2D eigenvalue weighted by molar-refractivity contribution is 0.0584. The van der Waals surface area contributed by atoms with Crippen molar-refractivity contribution >= 4 is 39.6 Å². The van der Waals surface area contributed by atoms with Crippen molar-refractivity contribution < 1.29 is 19.4 Å². The molecule has 1 N–H and O–H groups in total. The summed E-state index contributed by atoms with van der Waals surface area (Å²) in [5.74, 6) is -1.76. The van der Waals surface area contributed by atoms with E-state index in [9.17, 15) is 14.7 Å². The van der Waals surface area contributed by atoms with Crippen LogP contribution in [-0.4, -0.2) is 34.1 Å². The Bertz CT molecular complexity index is 708. The highest BCUT2D eigenvalue weighted by Gasteiger charge is 2.14. The Hall–Kier alpha value is -1.93. The van der Waals surface area contributed by atoms with Crippen LogP contribution >= 0.6 is 27.7 Å². The Labute approximate surface area is 132 Å². The molecule has 21 heavy (non-hydrogen) atoms. The van der Waals surface area contributed by atoms with Crippen LogP contribution in [0.3, 0.4) is 0 Å². The lowest BCUT2D eigenvalue weighted by Gasteiger charge is -2.06. The van der Waals surface area contributed by atoms with E-state index in [1.165, 1.54) is 19.4 Å². The van der Waals surface area contributed by atoms with Crippen molar-refractivity contribution in [2.75, 3.05) is 7.11 Å². The van der Waals surface area contributed by atoms with Crippen LogP contribution in [0.2, 0.25) is 0 Å². The number of aromatic nitrogens is 2. The molecule has 0 radical (unpaired) electrons. The number of carboxylic acids is 1. The number of hydrogen-bond acceptors (Lipinski definition) is 6. The van der Waals surface area contributed by atoms with Crippen LogP contribution in [0.25, 0.3) is 0 Å². The third-order valence-electron chi connectivity index (χ3n) is 2.39. The van der Waals surface area contributed by atoms with Gasteiger partial charge in [-0.2, -0.15) is 0 Å². The van der Waals surface area contributed by atoms with Crippen LogP contribution in [0, 0.1) is 0 Å². The first-order valence-corrected chi connectivity index (χ1v) is 7.24. The monoisotopic (exact) mass is 368 g/mol. The molecule has 0 atom stereocenters. The van der Waals surface area contributed by atoms with Gasteiger partial charge in [0.15, 0.2) is 0 Å². The fourth-order valence-electron chi connectivity index (χ4n) is 1.46. The maximum atomic E-state index is 11.4. The minimum atomic E-state index is -1.03. The van der Waals surface area contributed by atoms with Crippen LogP contribution in [0.4, 0.5) is 0 Å². The zero-order valence-corrected chi connectivity index (χ0v) is 13.1. The molecule has 8 heteroatoms. The zero-order chi connectivity index (χ0) is 15.4. The van der Waals surface area contributed by atoms with E-state index in [-0.39, 0.29) is 11.4 Å². The van der Waals surface area contributed by atoms with Crippen LogP contribution in [0.1, 0.15) is 21.0 Å².